The second kappa shape index (κ2) is 42.1. The third-order valence-corrected chi connectivity index (χ3v) is 15.0. The van der Waals surface area contributed by atoms with Gasteiger partial charge in [0.05, 0.1) is 31.7 Å². The van der Waals surface area contributed by atoms with Gasteiger partial charge in [-0.15, -0.1) is 0 Å². The Hall–Kier alpha value is -9.06. The molecule has 29 nitrogen and oxygen atoms in total. The number of carbonyl (C=O) groups is 12. The van der Waals surface area contributed by atoms with Gasteiger partial charge in [-0.2, -0.15) is 0 Å². The van der Waals surface area contributed by atoms with Crippen molar-refractivity contribution in [2.24, 2.45) is 0 Å². The summed E-state index contributed by atoms with van der Waals surface area (Å²) in [5.41, 5.74) is 3.01. The topological polar surface area (TPSA) is 412 Å². The van der Waals surface area contributed by atoms with Gasteiger partial charge in [-0.1, -0.05) is 67.4 Å². The second-order valence-electron chi connectivity index (χ2n) is 22.4. The molecular formula is C63H88N10O19. The Morgan fingerprint density at radius 1 is 0.446 bits per heavy atom. The number of carboxylic acid groups (broad SMARTS) is 6. The zero-order valence-corrected chi connectivity index (χ0v) is 51.8. The molecule has 504 valence electrons. The fourth-order valence-electron chi connectivity index (χ4n) is 9.82. The highest BCUT2D eigenvalue weighted by molar-refractivity contribution is 5.94. The van der Waals surface area contributed by atoms with Crippen LogP contribution in [0.25, 0.3) is 0 Å². The summed E-state index contributed by atoms with van der Waals surface area (Å²) >= 11 is 0. The van der Waals surface area contributed by atoms with Crippen LogP contribution in [0, 0.1) is 0 Å². The summed E-state index contributed by atoms with van der Waals surface area (Å²) in [6, 6.07) is 18.5. The van der Waals surface area contributed by atoms with Gasteiger partial charge in [0, 0.05) is 110 Å². The first-order valence-electron chi connectivity index (χ1n) is 30.8. The minimum Gasteiger partial charge on any atom is -0.481 e. The highest BCUT2D eigenvalue weighted by Gasteiger charge is 2.26. The third kappa shape index (κ3) is 32.1. The van der Waals surface area contributed by atoms with E-state index in [0.29, 0.717) is 82.3 Å². The molecule has 1 aliphatic rings. The van der Waals surface area contributed by atoms with Crippen molar-refractivity contribution in [3.8, 4) is 0 Å². The Morgan fingerprint density at radius 3 is 1.46 bits per heavy atom. The van der Waals surface area contributed by atoms with Crippen LogP contribution in [-0.4, -0.2) is 237 Å². The van der Waals surface area contributed by atoms with Gasteiger partial charge in [-0.25, -0.2) is 19.2 Å². The highest BCUT2D eigenvalue weighted by atomic mass is 16.5. The number of aliphatic carboxylic acids is 6. The number of rotatable bonds is 40. The largest absolute Gasteiger partial charge is 0.481 e. The van der Waals surface area contributed by atoms with Crippen molar-refractivity contribution >= 4 is 71.4 Å². The molecule has 29 heteroatoms. The van der Waals surface area contributed by atoms with E-state index in [0.717, 1.165) is 16.7 Å². The van der Waals surface area contributed by atoms with Crippen LogP contribution in [0.2, 0.25) is 0 Å². The van der Waals surface area contributed by atoms with E-state index in [1.807, 2.05) is 35.2 Å². The van der Waals surface area contributed by atoms with Crippen LogP contribution in [-0.2, 0) is 67.6 Å². The number of amides is 6. The molecule has 92 heavy (non-hydrogen) atoms. The zero-order valence-electron chi connectivity index (χ0n) is 51.8. The van der Waals surface area contributed by atoms with E-state index in [1.54, 1.807) is 68.1 Å². The van der Waals surface area contributed by atoms with Crippen molar-refractivity contribution in [3.63, 3.8) is 0 Å². The Balaban J connectivity index is 1.15. The molecular weight excluding hydrogens is 1200 g/mol. The first-order chi connectivity index (χ1) is 44.0. The van der Waals surface area contributed by atoms with Gasteiger partial charge in [0.15, 0.2) is 0 Å². The molecule has 2 atom stereocenters. The molecule has 11 N–H and O–H groups in total. The summed E-state index contributed by atoms with van der Waals surface area (Å²) in [7, 11) is 0. The van der Waals surface area contributed by atoms with Crippen LogP contribution >= 0.6 is 0 Å². The summed E-state index contributed by atoms with van der Waals surface area (Å²) in [6.07, 6.45) is 3.72. The number of benzene rings is 3. The lowest BCUT2D eigenvalue weighted by Gasteiger charge is -2.32. The maximum atomic E-state index is 13.7. The normalized spacial score (nSPS) is 14.2. The average Bonchev–Trinajstić information content (AvgIpc) is 2.03. The number of ether oxygens (including phenoxy) is 1. The number of hydrogen-bond acceptors (Lipinski definition) is 17. The fourth-order valence-corrected chi connectivity index (χ4v) is 9.82. The number of urea groups is 1. The van der Waals surface area contributed by atoms with E-state index in [9.17, 15) is 83.1 Å². The Kier molecular flexibility index (Phi) is 34.5. The number of carboxylic acids is 6. The van der Waals surface area contributed by atoms with Crippen LogP contribution in [0.4, 0.5) is 4.79 Å². The molecule has 0 aromatic heterocycles. The van der Waals surface area contributed by atoms with E-state index in [4.69, 9.17) is 9.84 Å². The van der Waals surface area contributed by atoms with Crippen molar-refractivity contribution in [2.75, 3.05) is 98.2 Å². The molecule has 1 aliphatic heterocycles. The smallest absolute Gasteiger partial charge is 0.338 e. The highest BCUT2D eigenvalue weighted by Crippen LogP contribution is 2.16. The van der Waals surface area contributed by atoms with Gasteiger partial charge in [-0.3, -0.25) is 58.0 Å². The van der Waals surface area contributed by atoms with E-state index < -0.39 is 72.7 Å². The van der Waals surface area contributed by atoms with Gasteiger partial charge in [0.1, 0.15) is 18.7 Å². The third-order valence-electron chi connectivity index (χ3n) is 15.0. The first kappa shape index (κ1) is 75.4. The summed E-state index contributed by atoms with van der Waals surface area (Å²) < 4.78 is 5.44. The van der Waals surface area contributed by atoms with Gasteiger partial charge in [0.2, 0.25) is 17.7 Å². The molecule has 0 radical (unpaired) electrons. The van der Waals surface area contributed by atoms with Gasteiger partial charge < -0.3 is 66.9 Å². The standard InChI is InChI=1S/C63H88N10O19/c74-52(64-27-9-10-28-65-59(85)48-21-17-45(18-22-48)38-66-53(75)40-69-30-32-70(41-56(79)80)34-36-72(43-58(83)84)37-35-71(33-31-69)42-57(81)82)15-6-1-2-7-16-54(76)73(39-46-19-23-49(24-20-46)62(90)92-44-47-12-4-3-5-13-47)29-11-8-14-50(60(86)87)67-63(91)68-51(61(88)89)25-26-55(77)78/h3-5,12-13,17-24,50-51H,1-2,6-11,14-16,25-44H2,(H,64,74)(H,65,85)(H,66,75)(H,77,78)(H,79,80)(H,81,82)(H,83,84)(H,86,87)(H,88,89)(H2,67,68,91)/t50-,51-/m0/s1. The van der Waals surface area contributed by atoms with E-state index in [1.165, 1.54) is 0 Å². The summed E-state index contributed by atoms with van der Waals surface area (Å²) in [5.74, 6) is -8.71. The summed E-state index contributed by atoms with van der Waals surface area (Å²) in [5, 5.41) is 69.5. The Labute approximate surface area is 533 Å². The van der Waals surface area contributed by atoms with Gasteiger partial charge >= 0.3 is 47.8 Å². The number of nitrogens with one attached hydrogen (secondary N) is 5. The number of nitrogens with zero attached hydrogens (tertiary/aromatic N) is 5. The van der Waals surface area contributed by atoms with Crippen molar-refractivity contribution in [1.29, 1.82) is 0 Å². The van der Waals surface area contributed by atoms with Crippen LogP contribution < -0.4 is 26.6 Å². The van der Waals surface area contributed by atoms with Crippen molar-refractivity contribution in [3.05, 3.63) is 107 Å². The number of esters is 1. The van der Waals surface area contributed by atoms with Crippen molar-refractivity contribution < 1.29 is 92.9 Å². The Bertz CT molecular complexity index is 2850. The maximum absolute atomic E-state index is 13.7. The number of unbranched alkanes of at least 4 members (excludes halogenated alkanes) is 5. The molecule has 4 rings (SSSR count). The summed E-state index contributed by atoms with van der Waals surface area (Å²) in [4.78, 5) is 155. The quantitative estimate of drug-likeness (QED) is 0.0287. The minimum atomic E-state index is -1.56. The SMILES string of the molecule is O=C(O)CC[C@H](NC(=O)N[C@@H](CCCCN(Cc1ccc(C(=O)OCc2ccccc2)cc1)C(=O)CCCCCCC(=O)NCCCCNC(=O)c1ccc(CNC(=O)CN2CCN(CC(=O)O)CCN(CC(=O)O)CCN(CC(=O)O)CC2)cc1)C(=O)O)C(=O)O. The first-order valence-corrected chi connectivity index (χ1v) is 30.8. The molecule has 6 amide bonds. The maximum Gasteiger partial charge on any atom is 0.338 e. The minimum absolute atomic E-state index is 0.0466. The monoisotopic (exact) mass is 1290 g/mol. The number of hydrogen-bond donors (Lipinski definition) is 11. The molecule has 0 aliphatic carbocycles. The predicted molar refractivity (Wildman–Crippen MR) is 332 cm³/mol. The van der Waals surface area contributed by atoms with Crippen LogP contribution in [0.3, 0.4) is 0 Å². The van der Waals surface area contributed by atoms with E-state index in [2.05, 4.69) is 26.6 Å². The Morgan fingerprint density at radius 2 is 0.935 bits per heavy atom. The molecule has 1 saturated heterocycles. The van der Waals surface area contributed by atoms with Crippen LogP contribution in [0.15, 0.2) is 78.9 Å². The lowest BCUT2D eigenvalue weighted by atomic mass is 10.1. The molecule has 0 bridgehead atoms. The van der Waals surface area contributed by atoms with Gasteiger partial charge in [-0.05, 0) is 92.3 Å². The molecule has 1 fully saturated rings. The number of carbonyl (C=O) groups excluding carboxylic acids is 6. The average molecular weight is 1290 g/mol. The molecule has 1 heterocycles. The second-order valence-corrected chi connectivity index (χ2v) is 22.4. The summed E-state index contributed by atoms with van der Waals surface area (Å²) in [6.45, 7) is 2.69. The van der Waals surface area contributed by atoms with E-state index >= 15 is 0 Å². The van der Waals surface area contributed by atoms with Crippen molar-refractivity contribution in [2.45, 2.75) is 115 Å². The van der Waals surface area contributed by atoms with E-state index in [-0.39, 0.29) is 141 Å². The van der Waals surface area contributed by atoms with Crippen LogP contribution in [0.5, 0.6) is 0 Å². The molecule has 0 unspecified atom stereocenters. The molecule has 3 aromatic rings. The predicted octanol–water partition coefficient (Wildman–Crippen LogP) is 2.37. The fraction of sp³-hybridized carbons (Fsp3) is 0.524. The lowest BCUT2D eigenvalue weighted by Crippen LogP contribution is -2.51. The molecule has 0 spiro atoms. The molecule has 3 aromatic carbocycles. The zero-order chi connectivity index (χ0) is 67.2. The molecule has 0 saturated carbocycles. The van der Waals surface area contributed by atoms with Crippen molar-refractivity contribution in [1.82, 2.24) is 51.1 Å². The van der Waals surface area contributed by atoms with Crippen LogP contribution in [0.1, 0.15) is 121 Å². The van der Waals surface area contributed by atoms with Gasteiger partial charge in [0.25, 0.3) is 5.91 Å². The lowest BCUT2D eigenvalue weighted by molar-refractivity contribution is -0.141.